The van der Waals surface area contributed by atoms with Gasteiger partial charge in [-0.3, -0.25) is 13.7 Å². The Kier molecular flexibility index (Phi) is 7.32. The number of hydrogen-bond acceptors (Lipinski definition) is 6. The molecule has 0 aliphatic rings. The molecular weight excluding hydrogens is 456 g/mol. The third-order valence-electron chi connectivity index (χ3n) is 4.74. The average molecular weight is 481 g/mol. The van der Waals surface area contributed by atoms with Crippen molar-refractivity contribution in [3.05, 3.63) is 29.3 Å². The van der Waals surface area contributed by atoms with E-state index in [-0.39, 0.29) is 22.8 Å². The zero-order valence-electron chi connectivity index (χ0n) is 16.5. The Morgan fingerprint density at radius 3 is 1.67 bits per heavy atom. The fraction of sp³-hybridized carbons (Fsp3) is 0.444. The molecule has 168 valence electrons. The van der Waals surface area contributed by atoms with Gasteiger partial charge in [0.2, 0.25) is 0 Å². The van der Waals surface area contributed by atoms with Gasteiger partial charge in [-0.2, -0.15) is 25.3 Å². The van der Waals surface area contributed by atoms with Gasteiger partial charge in [0.25, 0.3) is 30.4 Å². The van der Waals surface area contributed by atoms with E-state index in [0.29, 0.717) is 31.2 Å². The molecule has 9 nitrogen and oxygen atoms in total. The van der Waals surface area contributed by atoms with E-state index in [9.17, 15) is 38.9 Å². The van der Waals surface area contributed by atoms with Gasteiger partial charge < -0.3 is 0 Å². The molecule has 12 heteroatoms. The van der Waals surface area contributed by atoms with Crippen molar-refractivity contribution in [2.45, 2.75) is 67.1 Å². The van der Waals surface area contributed by atoms with Crippen LogP contribution in [-0.4, -0.2) is 38.9 Å². The van der Waals surface area contributed by atoms with Gasteiger partial charge in [-0.1, -0.05) is 44.9 Å². The lowest BCUT2D eigenvalue weighted by Crippen LogP contribution is -2.18. The van der Waals surface area contributed by atoms with Crippen LogP contribution in [0.25, 0.3) is 10.8 Å². The Morgan fingerprint density at radius 2 is 1.20 bits per heavy atom. The second-order valence-electron chi connectivity index (χ2n) is 6.94. The van der Waals surface area contributed by atoms with Crippen LogP contribution < -0.4 is 0 Å². The van der Waals surface area contributed by atoms with Gasteiger partial charge in [0, 0.05) is 5.39 Å². The van der Waals surface area contributed by atoms with E-state index in [1.54, 1.807) is 6.07 Å². The van der Waals surface area contributed by atoms with Crippen molar-refractivity contribution in [1.29, 1.82) is 0 Å². The van der Waals surface area contributed by atoms with Crippen LogP contribution >= 0.6 is 0 Å². The molecule has 0 heterocycles. The van der Waals surface area contributed by atoms with E-state index >= 15 is 0 Å². The highest BCUT2D eigenvalue weighted by Gasteiger charge is 2.37. The minimum atomic E-state index is -5.48. The van der Waals surface area contributed by atoms with Crippen molar-refractivity contribution in [3.63, 3.8) is 0 Å². The molecule has 0 fully saturated rings. The van der Waals surface area contributed by atoms with Gasteiger partial charge in [-0.05, 0) is 42.2 Å². The molecule has 0 aliphatic heterocycles. The molecule has 2 aromatic rings. The molecule has 0 unspecified atom stereocenters. The predicted octanol–water partition coefficient (Wildman–Crippen LogP) is 3.27. The number of hydrogen-bond donors (Lipinski definition) is 3. The highest BCUT2D eigenvalue weighted by atomic mass is 32.2. The quantitative estimate of drug-likeness (QED) is 0.457. The predicted molar refractivity (Wildman–Crippen MR) is 111 cm³/mol. The van der Waals surface area contributed by atoms with Crippen LogP contribution in [0.4, 0.5) is 0 Å². The van der Waals surface area contributed by atoms with Gasteiger partial charge in [0.1, 0.15) is 14.7 Å². The molecule has 0 saturated carbocycles. The van der Waals surface area contributed by atoms with Gasteiger partial charge in [-0.25, -0.2) is 0 Å². The zero-order valence-corrected chi connectivity index (χ0v) is 18.9. The summed E-state index contributed by atoms with van der Waals surface area (Å²) in [4.78, 5) is -4.03. The van der Waals surface area contributed by atoms with Gasteiger partial charge in [0.05, 0.1) is 0 Å². The Bertz CT molecular complexity index is 1280. The van der Waals surface area contributed by atoms with E-state index in [1.165, 1.54) is 12.1 Å². The summed E-state index contributed by atoms with van der Waals surface area (Å²) in [6.45, 7) is 3.73. The van der Waals surface area contributed by atoms with Crippen molar-refractivity contribution >= 4 is 41.1 Å². The summed E-state index contributed by atoms with van der Waals surface area (Å²) in [5.41, 5.74) is 0.429. The molecule has 3 N–H and O–H groups in total. The highest BCUT2D eigenvalue weighted by molar-refractivity contribution is 7.90. The van der Waals surface area contributed by atoms with E-state index < -0.39 is 45.0 Å². The Hall–Kier alpha value is -1.57. The van der Waals surface area contributed by atoms with Gasteiger partial charge in [0.15, 0.2) is 0 Å². The van der Waals surface area contributed by atoms with Crippen molar-refractivity contribution in [2.24, 2.45) is 0 Å². The van der Waals surface area contributed by atoms with Crippen LogP contribution in [-0.2, 0) is 43.2 Å². The molecule has 0 spiro atoms. The smallest absolute Gasteiger partial charge is 0.282 e. The first kappa shape index (κ1) is 24.7. The topological polar surface area (TPSA) is 163 Å². The molecular formula is C18H24O9S3. The van der Waals surface area contributed by atoms with Crippen molar-refractivity contribution < 1.29 is 38.9 Å². The lowest BCUT2D eigenvalue weighted by Gasteiger charge is -2.20. The molecule has 0 bridgehead atoms. The molecule has 2 rings (SSSR count). The molecule has 0 amide bonds. The maximum Gasteiger partial charge on any atom is 0.297 e. The molecule has 0 radical (unpaired) electrons. The fourth-order valence-electron chi connectivity index (χ4n) is 3.55. The van der Waals surface area contributed by atoms with Gasteiger partial charge in [-0.15, -0.1) is 0 Å². The highest BCUT2D eigenvalue weighted by Crippen LogP contribution is 2.41. The van der Waals surface area contributed by atoms with E-state index in [1.807, 2.05) is 13.8 Å². The zero-order chi connectivity index (χ0) is 22.9. The van der Waals surface area contributed by atoms with E-state index in [0.717, 1.165) is 6.42 Å². The monoisotopic (exact) mass is 480 g/mol. The summed E-state index contributed by atoms with van der Waals surface area (Å²) in [7, 11) is -16.1. The SMILES string of the molecule is CCCCc1cccc2c(S(=O)(=O)O)c(S(=O)(=O)O)c(S(=O)(=O)O)c(CCCC)c12. The maximum absolute atomic E-state index is 12.2. The van der Waals surface area contributed by atoms with Crippen molar-refractivity contribution in [1.82, 2.24) is 0 Å². The van der Waals surface area contributed by atoms with Crippen LogP contribution in [0.1, 0.15) is 50.7 Å². The van der Waals surface area contributed by atoms with Gasteiger partial charge >= 0.3 is 0 Å². The number of rotatable bonds is 9. The largest absolute Gasteiger partial charge is 0.297 e. The van der Waals surface area contributed by atoms with Crippen molar-refractivity contribution in [2.75, 3.05) is 0 Å². The molecule has 0 atom stereocenters. The summed E-state index contributed by atoms with van der Waals surface area (Å²) >= 11 is 0. The minimum absolute atomic E-state index is 0.000458. The fourth-order valence-corrected chi connectivity index (χ4v) is 7.22. The first-order valence-corrected chi connectivity index (χ1v) is 13.6. The number of benzene rings is 2. The van der Waals surface area contributed by atoms with E-state index in [4.69, 9.17) is 0 Å². The average Bonchev–Trinajstić information content (AvgIpc) is 2.60. The molecule has 30 heavy (non-hydrogen) atoms. The minimum Gasteiger partial charge on any atom is -0.282 e. The number of aryl methyl sites for hydroxylation is 2. The number of fused-ring (bicyclic) bond motifs is 1. The van der Waals surface area contributed by atoms with Crippen LogP contribution in [0.2, 0.25) is 0 Å². The number of unbranched alkanes of at least 4 members (excludes halogenated alkanes) is 2. The molecule has 0 aliphatic carbocycles. The summed E-state index contributed by atoms with van der Waals surface area (Å²) in [6.07, 6.45) is 2.86. The maximum atomic E-state index is 12.2. The summed E-state index contributed by atoms with van der Waals surface area (Å²) in [5, 5.41) is -0.107. The summed E-state index contributed by atoms with van der Waals surface area (Å²) in [6, 6.07) is 4.32. The Balaban J connectivity index is 3.34. The standard InChI is InChI=1S/C18H24O9S3/c1-3-5-8-12-9-7-11-14-15(12)13(10-6-4-2)16(28(19,20)21)18(30(25,26)27)17(14)29(22,23)24/h7,9,11H,3-6,8,10H2,1-2H3,(H,19,20,21)(H,22,23,24)(H,25,26,27). The normalized spacial score (nSPS) is 13.1. The second kappa shape index (κ2) is 8.89. The van der Waals surface area contributed by atoms with Crippen LogP contribution in [0.3, 0.4) is 0 Å². The third kappa shape index (κ3) is 5.01. The second-order valence-corrected chi connectivity index (χ2v) is 11.0. The Morgan fingerprint density at radius 1 is 0.700 bits per heavy atom. The molecule has 2 aromatic carbocycles. The van der Waals surface area contributed by atoms with Crippen LogP contribution in [0, 0.1) is 0 Å². The summed E-state index contributed by atoms with van der Waals surface area (Å²) in [5.74, 6) is 0. The molecule has 0 aromatic heterocycles. The lowest BCUT2D eigenvalue weighted by molar-refractivity contribution is 0.456. The van der Waals surface area contributed by atoms with Crippen LogP contribution in [0.5, 0.6) is 0 Å². The Labute approximate surface area is 176 Å². The summed E-state index contributed by atoms with van der Waals surface area (Å²) < 4.78 is 102. The third-order valence-corrected chi connectivity index (χ3v) is 7.83. The van der Waals surface area contributed by atoms with Crippen LogP contribution in [0.15, 0.2) is 32.9 Å². The lowest BCUT2D eigenvalue weighted by atomic mass is 9.93. The molecule has 0 saturated heterocycles. The van der Waals surface area contributed by atoms with Crippen molar-refractivity contribution in [3.8, 4) is 0 Å². The first-order valence-electron chi connectivity index (χ1n) is 9.28. The van der Waals surface area contributed by atoms with E-state index in [2.05, 4.69) is 0 Å². The first-order chi connectivity index (χ1) is 13.7.